The molecule has 2 heterocycles. The molecule has 2 rings (SSSR count). The summed E-state index contributed by atoms with van der Waals surface area (Å²) in [5.41, 5.74) is -0.384. The van der Waals surface area contributed by atoms with Crippen molar-refractivity contribution < 1.29 is 9.18 Å². The van der Waals surface area contributed by atoms with E-state index in [-0.39, 0.29) is 10.9 Å². The second-order valence-corrected chi connectivity index (χ2v) is 4.10. The fourth-order valence-electron chi connectivity index (χ4n) is 1.51. The van der Waals surface area contributed by atoms with Crippen LogP contribution in [0.5, 0.6) is 0 Å². The van der Waals surface area contributed by atoms with Crippen LogP contribution in [-0.2, 0) is 10.2 Å². The molecule has 0 spiro atoms. The van der Waals surface area contributed by atoms with Crippen LogP contribution in [0.25, 0.3) is 0 Å². The lowest BCUT2D eigenvalue weighted by Crippen LogP contribution is -2.27. The first-order chi connectivity index (χ1) is 6.44. The number of aromatic nitrogens is 1. The van der Waals surface area contributed by atoms with Gasteiger partial charge < -0.3 is 5.32 Å². The van der Waals surface area contributed by atoms with E-state index in [0.717, 1.165) is 6.20 Å². The predicted molar refractivity (Wildman–Crippen MR) is 50.9 cm³/mol. The first-order valence-electron chi connectivity index (χ1n) is 4.10. The summed E-state index contributed by atoms with van der Waals surface area (Å²) in [6.45, 7) is 3.36. The zero-order valence-corrected chi connectivity index (χ0v) is 8.44. The van der Waals surface area contributed by atoms with Crippen LogP contribution in [0.3, 0.4) is 0 Å². The van der Waals surface area contributed by atoms with Gasteiger partial charge in [-0.2, -0.15) is 0 Å². The largest absolute Gasteiger partial charge is 0.310 e. The van der Waals surface area contributed by atoms with E-state index in [4.69, 9.17) is 11.6 Å². The van der Waals surface area contributed by atoms with Gasteiger partial charge in [0.2, 0.25) is 5.91 Å². The van der Waals surface area contributed by atoms with Gasteiger partial charge in [0.05, 0.1) is 16.6 Å². The number of carbonyl (C=O) groups is 1. The summed E-state index contributed by atoms with van der Waals surface area (Å²) in [7, 11) is 0. The SMILES string of the molecule is CC1(C)C(=O)Nc2ncc(F)c(Cl)c21. The van der Waals surface area contributed by atoms with Crippen LogP contribution in [0.4, 0.5) is 10.2 Å². The second-order valence-electron chi connectivity index (χ2n) is 3.72. The molecule has 5 heteroatoms. The fourth-order valence-corrected chi connectivity index (χ4v) is 1.88. The number of nitrogens with one attached hydrogen (secondary N) is 1. The van der Waals surface area contributed by atoms with Gasteiger partial charge in [-0.3, -0.25) is 4.79 Å². The molecular weight excluding hydrogens is 207 g/mol. The lowest BCUT2D eigenvalue weighted by molar-refractivity contribution is -0.119. The quantitative estimate of drug-likeness (QED) is 0.719. The van der Waals surface area contributed by atoms with Gasteiger partial charge in [0, 0.05) is 5.56 Å². The molecule has 0 bridgehead atoms. The summed E-state index contributed by atoms with van der Waals surface area (Å²) < 4.78 is 13.1. The van der Waals surface area contributed by atoms with Crippen LogP contribution in [0, 0.1) is 5.82 Å². The van der Waals surface area contributed by atoms with Gasteiger partial charge in [0.1, 0.15) is 5.82 Å². The monoisotopic (exact) mass is 214 g/mol. The molecule has 0 saturated heterocycles. The maximum absolute atomic E-state index is 13.1. The Kier molecular flexibility index (Phi) is 1.79. The van der Waals surface area contributed by atoms with E-state index < -0.39 is 11.2 Å². The number of pyridine rings is 1. The highest BCUT2D eigenvalue weighted by Crippen LogP contribution is 2.41. The average Bonchev–Trinajstić information content (AvgIpc) is 2.32. The molecule has 14 heavy (non-hydrogen) atoms. The Balaban J connectivity index is 2.74. The Morgan fingerprint density at radius 3 is 2.86 bits per heavy atom. The number of fused-ring (bicyclic) bond motifs is 1. The second kappa shape index (κ2) is 2.67. The van der Waals surface area contributed by atoms with Crippen molar-refractivity contribution in [3.8, 4) is 0 Å². The van der Waals surface area contributed by atoms with E-state index in [9.17, 15) is 9.18 Å². The van der Waals surface area contributed by atoms with Crippen molar-refractivity contribution >= 4 is 23.3 Å². The minimum absolute atomic E-state index is 0.0293. The third kappa shape index (κ3) is 1.04. The zero-order chi connectivity index (χ0) is 10.5. The van der Waals surface area contributed by atoms with Gasteiger partial charge in [-0.05, 0) is 13.8 Å². The zero-order valence-electron chi connectivity index (χ0n) is 7.69. The molecule has 1 N–H and O–H groups in total. The number of halogens is 2. The summed E-state index contributed by atoms with van der Waals surface area (Å²) >= 11 is 5.78. The van der Waals surface area contributed by atoms with Gasteiger partial charge in [-0.25, -0.2) is 9.37 Å². The standard InChI is InChI=1S/C9H8ClFN2O/c1-9(2)5-6(10)4(11)3-12-7(5)13-8(9)14/h3H,1-2H3,(H,12,13,14). The number of carbonyl (C=O) groups excluding carboxylic acids is 1. The van der Waals surface area contributed by atoms with Crippen molar-refractivity contribution in [2.45, 2.75) is 19.3 Å². The van der Waals surface area contributed by atoms with Crippen molar-refractivity contribution in [3.05, 3.63) is 22.6 Å². The van der Waals surface area contributed by atoms with Crippen molar-refractivity contribution in [1.29, 1.82) is 0 Å². The maximum Gasteiger partial charge on any atom is 0.235 e. The van der Waals surface area contributed by atoms with E-state index in [1.54, 1.807) is 13.8 Å². The Hall–Kier alpha value is -1.16. The molecule has 0 radical (unpaired) electrons. The number of hydrogen-bond donors (Lipinski definition) is 1. The van der Waals surface area contributed by atoms with Crippen molar-refractivity contribution in [3.63, 3.8) is 0 Å². The first-order valence-corrected chi connectivity index (χ1v) is 4.48. The summed E-state index contributed by atoms with van der Waals surface area (Å²) in [6, 6.07) is 0. The summed E-state index contributed by atoms with van der Waals surface area (Å²) in [4.78, 5) is 15.3. The number of hydrogen-bond acceptors (Lipinski definition) is 2. The normalized spacial score (nSPS) is 17.9. The van der Waals surface area contributed by atoms with Crippen molar-refractivity contribution in [2.75, 3.05) is 5.32 Å². The molecule has 3 nitrogen and oxygen atoms in total. The molecule has 1 aliphatic heterocycles. The molecule has 0 atom stereocenters. The van der Waals surface area contributed by atoms with E-state index in [0.29, 0.717) is 11.4 Å². The van der Waals surface area contributed by atoms with Crippen LogP contribution in [0.15, 0.2) is 6.20 Å². The van der Waals surface area contributed by atoms with E-state index in [2.05, 4.69) is 10.3 Å². The van der Waals surface area contributed by atoms with Gasteiger partial charge in [0.15, 0.2) is 5.82 Å². The predicted octanol–water partition coefficient (Wildman–Crippen LogP) is 2.10. The summed E-state index contributed by atoms with van der Waals surface area (Å²) in [5, 5.41) is 2.53. The average molecular weight is 215 g/mol. The van der Waals surface area contributed by atoms with Gasteiger partial charge in [0.25, 0.3) is 0 Å². The van der Waals surface area contributed by atoms with Crippen LogP contribution < -0.4 is 5.32 Å². The van der Waals surface area contributed by atoms with Gasteiger partial charge >= 0.3 is 0 Å². The Labute approximate surface area is 85.3 Å². The van der Waals surface area contributed by atoms with Crippen LogP contribution in [0.1, 0.15) is 19.4 Å². The van der Waals surface area contributed by atoms with Gasteiger partial charge in [-0.15, -0.1) is 0 Å². The highest BCUT2D eigenvalue weighted by Gasteiger charge is 2.41. The third-order valence-corrected chi connectivity index (χ3v) is 2.77. The molecule has 1 amide bonds. The van der Waals surface area contributed by atoms with E-state index >= 15 is 0 Å². The minimum atomic E-state index is -0.818. The topological polar surface area (TPSA) is 42.0 Å². The maximum atomic E-state index is 13.1. The van der Waals surface area contributed by atoms with Gasteiger partial charge in [-0.1, -0.05) is 11.6 Å². The molecule has 1 aromatic rings. The van der Waals surface area contributed by atoms with Crippen LogP contribution >= 0.6 is 11.6 Å². The Morgan fingerprint density at radius 2 is 2.21 bits per heavy atom. The Bertz CT molecular complexity index is 431. The summed E-state index contributed by atoms with van der Waals surface area (Å²) in [6.07, 6.45) is 1.00. The third-order valence-electron chi connectivity index (χ3n) is 2.40. The Morgan fingerprint density at radius 1 is 1.57 bits per heavy atom. The number of amides is 1. The number of rotatable bonds is 0. The molecule has 0 saturated carbocycles. The minimum Gasteiger partial charge on any atom is -0.310 e. The molecule has 1 aromatic heterocycles. The highest BCUT2D eigenvalue weighted by molar-refractivity contribution is 6.33. The molecule has 0 unspecified atom stereocenters. The van der Waals surface area contributed by atoms with E-state index in [1.165, 1.54) is 0 Å². The fraction of sp³-hybridized carbons (Fsp3) is 0.333. The van der Waals surface area contributed by atoms with Crippen molar-refractivity contribution in [2.24, 2.45) is 0 Å². The molecule has 0 fully saturated rings. The summed E-state index contributed by atoms with van der Waals surface area (Å²) in [5.74, 6) is -0.464. The van der Waals surface area contributed by atoms with Crippen LogP contribution in [-0.4, -0.2) is 10.9 Å². The lowest BCUT2D eigenvalue weighted by atomic mass is 9.87. The van der Waals surface area contributed by atoms with Crippen molar-refractivity contribution in [1.82, 2.24) is 4.98 Å². The smallest absolute Gasteiger partial charge is 0.235 e. The molecule has 1 aliphatic rings. The number of nitrogens with zero attached hydrogens (tertiary/aromatic N) is 1. The number of anilines is 1. The molecular formula is C9H8ClFN2O. The van der Waals surface area contributed by atoms with Crippen LogP contribution in [0.2, 0.25) is 5.02 Å². The highest BCUT2D eigenvalue weighted by atomic mass is 35.5. The first kappa shape index (κ1) is 9.40. The molecule has 0 aromatic carbocycles. The molecule has 74 valence electrons. The lowest BCUT2D eigenvalue weighted by Gasteiger charge is -2.15. The van der Waals surface area contributed by atoms with E-state index in [1.807, 2.05) is 0 Å². The molecule has 0 aliphatic carbocycles.